The van der Waals surface area contributed by atoms with Gasteiger partial charge in [0.05, 0.1) is 5.52 Å². The van der Waals surface area contributed by atoms with Crippen LogP contribution in [0.2, 0.25) is 0 Å². The Morgan fingerprint density at radius 1 is 0.905 bits per heavy atom. The van der Waals surface area contributed by atoms with Crippen molar-refractivity contribution in [3.05, 3.63) is 66.2 Å². The summed E-state index contributed by atoms with van der Waals surface area (Å²) in [5, 5.41) is 14.5. The van der Waals surface area contributed by atoms with Gasteiger partial charge in [0.15, 0.2) is 5.82 Å². The van der Waals surface area contributed by atoms with E-state index in [1.165, 1.54) is 16.3 Å². The Labute approximate surface area is 122 Å². The van der Waals surface area contributed by atoms with Crippen LogP contribution in [0.3, 0.4) is 0 Å². The fraction of sp³-hybridized carbons (Fsp3) is 0.0556. The molecule has 0 unspecified atom stereocenters. The van der Waals surface area contributed by atoms with Crippen molar-refractivity contribution in [2.24, 2.45) is 0 Å². The van der Waals surface area contributed by atoms with Gasteiger partial charge in [0.25, 0.3) is 0 Å². The minimum absolute atomic E-state index is 0.862. The SMILES string of the molecule is Cc1cc(Nc2n[nH]c3ccccc23)c2ccccc2c1. The molecular formula is C18H15N3. The van der Waals surface area contributed by atoms with E-state index in [2.05, 4.69) is 64.9 Å². The van der Waals surface area contributed by atoms with E-state index in [0.29, 0.717) is 0 Å². The zero-order valence-corrected chi connectivity index (χ0v) is 11.7. The van der Waals surface area contributed by atoms with Crippen molar-refractivity contribution in [3.8, 4) is 0 Å². The average molecular weight is 273 g/mol. The van der Waals surface area contributed by atoms with Crippen LogP contribution in [-0.2, 0) is 0 Å². The van der Waals surface area contributed by atoms with E-state index in [1.54, 1.807) is 0 Å². The number of nitrogens with one attached hydrogen (secondary N) is 2. The van der Waals surface area contributed by atoms with Crippen LogP contribution in [0, 0.1) is 6.92 Å². The lowest BCUT2D eigenvalue weighted by atomic mass is 10.1. The van der Waals surface area contributed by atoms with Gasteiger partial charge in [0.1, 0.15) is 0 Å². The summed E-state index contributed by atoms with van der Waals surface area (Å²) in [5.41, 5.74) is 3.36. The highest BCUT2D eigenvalue weighted by Gasteiger charge is 2.07. The molecule has 3 aromatic carbocycles. The second kappa shape index (κ2) is 4.63. The Hall–Kier alpha value is -2.81. The molecule has 21 heavy (non-hydrogen) atoms. The van der Waals surface area contributed by atoms with Gasteiger partial charge in [-0.1, -0.05) is 42.5 Å². The van der Waals surface area contributed by atoms with Crippen LogP contribution >= 0.6 is 0 Å². The van der Waals surface area contributed by atoms with E-state index in [1.807, 2.05) is 18.2 Å². The molecule has 0 saturated heterocycles. The first-order valence-corrected chi connectivity index (χ1v) is 7.01. The molecule has 4 aromatic rings. The van der Waals surface area contributed by atoms with Crippen LogP contribution in [0.15, 0.2) is 60.7 Å². The molecule has 0 radical (unpaired) electrons. The van der Waals surface area contributed by atoms with E-state index in [-0.39, 0.29) is 0 Å². The van der Waals surface area contributed by atoms with E-state index in [4.69, 9.17) is 0 Å². The van der Waals surface area contributed by atoms with E-state index < -0.39 is 0 Å². The number of para-hydroxylation sites is 1. The number of rotatable bonds is 2. The molecule has 102 valence electrons. The maximum Gasteiger partial charge on any atom is 0.160 e. The minimum Gasteiger partial charge on any atom is -0.338 e. The number of nitrogens with zero attached hydrogens (tertiary/aromatic N) is 1. The van der Waals surface area contributed by atoms with E-state index >= 15 is 0 Å². The first-order valence-electron chi connectivity index (χ1n) is 7.01. The summed E-state index contributed by atoms with van der Waals surface area (Å²) in [6.45, 7) is 2.11. The number of fused-ring (bicyclic) bond motifs is 2. The summed E-state index contributed by atoms with van der Waals surface area (Å²) in [7, 11) is 0. The van der Waals surface area contributed by atoms with Gasteiger partial charge in [0, 0.05) is 16.5 Å². The van der Waals surface area contributed by atoms with Crippen LogP contribution in [0.5, 0.6) is 0 Å². The van der Waals surface area contributed by atoms with Gasteiger partial charge in [-0.25, -0.2) is 0 Å². The van der Waals surface area contributed by atoms with Crippen LogP contribution < -0.4 is 5.32 Å². The van der Waals surface area contributed by atoms with Crippen LogP contribution in [-0.4, -0.2) is 10.2 Å². The Morgan fingerprint density at radius 3 is 2.57 bits per heavy atom. The minimum atomic E-state index is 0.862. The van der Waals surface area contributed by atoms with Crippen LogP contribution in [0.25, 0.3) is 21.7 Å². The van der Waals surface area contributed by atoms with Crippen LogP contribution in [0.1, 0.15) is 5.56 Å². The molecule has 0 saturated carbocycles. The normalized spacial score (nSPS) is 11.1. The Bertz CT molecular complexity index is 937. The van der Waals surface area contributed by atoms with Crippen molar-refractivity contribution < 1.29 is 0 Å². The molecule has 0 fully saturated rings. The number of H-pyrrole nitrogens is 1. The largest absolute Gasteiger partial charge is 0.338 e. The first kappa shape index (κ1) is 12.0. The fourth-order valence-corrected chi connectivity index (χ4v) is 2.75. The summed E-state index contributed by atoms with van der Waals surface area (Å²) in [5.74, 6) is 0.862. The molecule has 1 aromatic heterocycles. The molecule has 0 aliphatic carbocycles. The molecule has 0 aliphatic heterocycles. The number of anilines is 2. The molecule has 4 rings (SSSR count). The maximum atomic E-state index is 4.39. The first-order chi connectivity index (χ1) is 10.3. The zero-order chi connectivity index (χ0) is 14.2. The van der Waals surface area contributed by atoms with Gasteiger partial charge in [-0.2, -0.15) is 5.10 Å². The smallest absolute Gasteiger partial charge is 0.160 e. The second-order valence-corrected chi connectivity index (χ2v) is 5.28. The lowest BCUT2D eigenvalue weighted by Crippen LogP contribution is -1.93. The van der Waals surface area contributed by atoms with Crippen molar-refractivity contribution in [3.63, 3.8) is 0 Å². The third-order valence-electron chi connectivity index (χ3n) is 3.73. The Kier molecular flexibility index (Phi) is 2.64. The van der Waals surface area contributed by atoms with Crippen molar-refractivity contribution in [2.75, 3.05) is 5.32 Å². The maximum absolute atomic E-state index is 4.39. The zero-order valence-electron chi connectivity index (χ0n) is 11.7. The van der Waals surface area contributed by atoms with Crippen molar-refractivity contribution in [1.82, 2.24) is 10.2 Å². The number of aromatic nitrogens is 2. The topological polar surface area (TPSA) is 40.7 Å². The summed E-state index contributed by atoms with van der Waals surface area (Å²) < 4.78 is 0. The summed E-state index contributed by atoms with van der Waals surface area (Å²) in [6.07, 6.45) is 0. The number of benzene rings is 3. The molecule has 0 aliphatic rings. The number of hydrogen-bond acceptors (Lipinski definition) is 2. The number of hydrogen-bond donors (Lipinski definition) is 2. The highest BCUT2D eigenvalue weighted by Crippen LogP contribution is 2.30. The Morgan fingerprint density at radius 2 is 1.67 bits per heavy atom. The molecule has 0 atom stereocenters. The second-order valence-electron chi connectivity index (χ2n) is 5.28. The molecular weight excluding hydrogens is 258 g/mol. The van der Waals surface area contributed by atoms with Gasteiger partial charge in [-0.3, -0.25) is 5.10 Å². The van der Waals surface area contributed by atoms with Crippen molar-refractivity contribution in [2.45, 2.75) is 6.92 Å². The molecule has 0 bridgehead atoms. The predicted octanol–water partition coefficient (Wildman–Crippen LogP) is 4.77. The fourth-order valence-electron chi connectivity index (χ4n) is 2.75. The molecule has 1 heterocycles. The van der Waals surface area contributed by atoms with E-state index in [9.17, 15) is 0 Å². The Balaban J connectivity index is 1.87. The highest BCUT2D eigenvalue weighted by molar-refractivity contribution is 5.99. The monoisotopic (exact) mass is 273 g/mol. The van der Waals surface area contributed by atoms with Gasteiger partial charge in [0.2, 0.25) is 0 Å². The number of aryl methyl sites for hydroxylation is 1. The lowest BCUT2D eigenvalue weighted by Gasteiger charge is -2.09. The standard InChI is InChI=1S/C18H15N3/c1-12-10-13-6-2-3-7-14(13)17(11-12)19-18-15-8-4-5-9-16(15)20-21-18/h2-11H,1H3,(H2,19,20,21). The summed E-state index contributed by atoms with van der Waals surface area (Å²) >= 11 is 0. The van der Waals surface area contributed by atoms with E-state index in [0.717, 1.165) is 22.4 Å². The van der Waals surface area contributed by atoms with Gasteiger partial charge in [-0.15, -0.1) is 0 Å². The summed E-state index contributed by atoms with van der Waals surface area (Å²) in [4.78, 5) is 0. The summed E-state index contributed by atoms with van der Waals surface area (Å²) in [6, 6.07) is 20.9. The lowest BCUT2D eigenvalue weighted by molar-refractivity contribution is 1.12. The van der Waals surface area contributed by atoms with Gasteiger partial charge < -0.3 is 5.32 Å². The molecule has 0 spiro atoms. The van der Waals surface area contributed by atoms with Gasteiger partial charge in [-0.05, 0) is 36.1 Å². The van der Waals surface area contributed by atoms with Crippen molar-refractivity contribution >= 4 is 33.2 Å². The highest BCUT2D eigenvalue weighted by atomic mass is 15.2. The molecule has 3 nitrogen and oxygen atoms in total. The average Bonchev–Trinajstić information content (AvgIpc) is 2.90. The molecule has 3 heteroatoms. The third-order valence-corrected chi connectivity index (χ3v) is 3.73. The molecule has 2 N–H and O–H groups in total. The van der Waals surface area contributed by atoms with Crippen LogP contribution in [0.4, 0.5) is 11.5 Å². The quantitative estimate of drug-likeness (QED) is 0.552. The predicted molar refractivity (Wildman–Crippen MR) is 88.1 cm³/mol. The number of aromatic amines is 1. The van der Waals surface area contributed by atoms with Gasteiger partial charge >= 0.3 is 0 Å². The molecule has 0 amide bonds. The van der Waals surface area contributed by atoms with Crippen molar-refractivity contribution in [1.29, 1.82) is 0 Å². The third kappa shape index (κ3) is 2.03.